The average molecular weight is 278 g/mol. The number of nitrogens with zero attached hydrogens (tertiary/aromatic N) is 2. The van der Waals surface area contributed by atoms with Crippen LogP contribution in [0, 0.1) is 19.3 Å². The number of aliphatic hydroxyl groups excluding tert-OH is 2. The molecule has 0 radical (unpaired) electrons. The van der Waals surface area contributed by atoms with Gasteiger partial charge in [-0.1, -0.05) is 13.3 Å². The van der Waals surface area contributed by atoms with Crippen molar-refractivity contribution in [2.45, 2.75) is 46.1 Å². The third kappa shape index (κ3) is 2.96. The van der Waals surface area contributed by atoms with Crippen LogP contribution in [0.4, 0.5) is 5.69 Å². The Balaban J connectivity index is 2.25. The predicted octanol–water partition coefficient (Wildman–Crippen LogP) is 2.05. The summed E-state index contributed by atoms with van der Waals surface area (Å²) in [4.78, 5) is 6.69. The predicted molar refractivity (Wildman–Crippen MR) is 81.0 cm³/mol. The van der Waals surface area contributed by atoms with Gasteiger partial charge in [0.25, 0.3) is 0 Å². The van der Waals surface area contributed by atoms with E-state index in [9.17, 15) is 10.2 Å². The van der Waals surface area contributed by atoms with Crippen LogP contribution in [-0.2, 0) is 0 Å². The number of aromatic nitrogens is 1. The number of piperidine rings is 1. The van der Waals surface area contributed by atoms with Gasteiger partial charge in [-0.2, -0.15) is 0 Å². The summed E-state index contributed by atoms with van der Waals surface area (Å²) in [6, 6.07) is 4.16. The van der Waals surface area contributed by atoms with Gasteiger partial charge in [0.15, 0.2) is 0 Å². The summed E-state index contributed by atoms with van der Waals surface area (Å²) in [5, 5.41) is 20.1. The molecule has 1 aromatic rings. The number of aryl methyl sites for hydroxylation is 2. The zero-order chi connectivity index (χ0) is 14.8. The summed E-state index contributed by atoms with van der Waals surface area (Å²) in [7, 11) is 0. The van der Waals surface area contributed by atoms with Gasteiger partial charge in [0.1, 0.15) is 0 Å². The van der Waals surface area contributed by atoms with Crippen molar-refractivity contribution < 1.29 is 10.2 Å². The Kier molecular flexibility index (Phi) is 4.66. The van der Waals surface area contributed by atoms with Gasteiger partial charge in [-0.25, -0.2) is 0 Å². The van der Waals surface area contributed by atoms with Crippen molar-refractivity contribution in [2.75, 3.05) is 24.6 Å². The summed E-state index contributed by atoms with van der Waals surface area (Å²) in [5.74, 6) is 0. The Morgan fingerprint density at radius 3 is 2.55 bits per heavy atom. The van der Waals surface area contributed by atoms with Crippen LogP contribution in [0.1, 0.15) is 37.6 Å². The van der Waals surface area contributed by atoms with E-state index in [1.165, 1.54) is 0 Å². The molecule has 2 rings (SSSR count). The van der Waals surface area contributed by atoms with Gasteiger partial charge >= 0.3 is 0 Å². The van der Waals surface area contributed by atoms with Gasteiger partial charge in [-0.3, -0.25) is 4.98 Å². The SMILES string of the molecule is CCC[C@@]1(CO)CN(c2cc(C)nc(C)c2)CC[C@H]1O. The second-order valence-electron chi connectivity index (χ2n) is 6.10. The molecule has 4 nitrogen and oxygen atoms in total. The summed E-state index contributed by atoms with van der Waals surface area (Å²) in [6.07, 6.45) is 2.12. The van der Waals surface area contributed by atoms with Crippen LogP contribution in [-0.4, -0.2) is 41.0 Å². The lowest BCUT2D eigenvalue weighted by molar-refractivity contribution is -0.0351. The van der Waals surface area contributed by atoms with Crippen LogP contribution in [0.2, 0.25) is 0 Å². The van der Waals surface area contributed by atoms with E-state index in [1.807, 2.05) is 13.8 Å². The monoisotopic (exact) mass is 278 g/mol. The highest BCUT2D eigenvalue weighted by molar-refractivity contribution is 5.49. The molecule has 1 fully saturated rings. The zero-order valence-electron chi connectivity index (χ0n) is 12.8. The van der Waals surface area contributed by atoms with E-state index in [-0.39, 0.29) is 6.61 Å². The number of aliphatic hydroxyl groups is 2. The molecule has 2 N–H and O–H groups in total. The molecule has 1 saturated heterocycles. The molecule has 4 heteroatoms. The molecule has 20 heavy (non-hydrogen) atoms. The fourth-order valence-electron chi connectivity index (χ4n) is 3.34. The van der Waals surface area contributed by atoms with Crippen molar-refractivity contribution in [3.05, 3.63) is 23.5 Å². The minimum atomic E-state index is -0.410. The number of hydrogen-bond donors (Lipinski definition) is 2. The highest BCUT2D eigenvalue weighted by Gasteiger charge is 2.41. The van der Waals surface area contributed by atoms with E-state index in [0.29, 0.717) is 13.0 Å². The molecule has 0 aromatic carbocycles. The Bertz CT molecular complexity index is 444. The van der Waals surface area contributed by atoms with Crippen molar-refractivity contribution in [3.63, 3.8) is 0 Å². The third-order valence-electron chi connectivity index (χ3n) is 4.38. The highest BCUT2D eigenvalue weighted by Crippen LogP contribution is 2.36. The number of anilines is 1. The van der Waals surface area contributed by atoms with Crippen LogP contribution < -0.4 is 4.90 Å². The maximum atomic E-state index is 10.3. The molecule has 112 valence electrons. The summed E-state index contributed by atoms with van der Waals surface area (Å²) in [5.41, 5.74) is 2.78. The Morgan fingerprint density at radius 1 is 1.35 bits per heavy atom. The summed E-state index contributed by atoms with van der Waals surface area (Å²) < 4.78 is 0. The lowest BCUT2D eigenvalue weighted by Gasteiger charge is -2.46. The van der Waals surface area contributed by atoms with Crippen molar-refractivity contribution >= 4 is 5.69 Å². The van der Waals surface area contributed by atoms with Crippen LogP contribution in [0.25, 0.3) is 0 Å². The molecule has 0 saturated carbocycles. The average Bonchev–Trinajstić information content (AvgIpc) is 2.40. The van der Waals surface area contributed by atoms with Gasteiger partial charge in [-0.05, 0) is 38.8 Å². The first-order chi connectivity index (χ1) is 9.50. The van der Waals surface area contributed by atoms with E-state index >= 15 is 0 Å². The maximum absolute atomic E-state index is 10.3. The smallest absolute Gasteiger partial charge is 0.0652 e. The molecule has 0 amide bonds. The van der Waals surface area contributed by atoms with E-state index in [2.05, 4.69) is 28.9 Å². The van der Waals surface area contributed by atoms with Crippen molar-refractivity contribution in [2.24, 2.45) is 5.41 Å². The normalized spacial score (nSPS) is 26.9. The van der Waals surface area contributed by atoms with Crippen LogP contribution in [0.15, 0.2) is 12.1 Å². The van der Waals surface area contributed by atoms with Gasteiger partial charge in [-0.15, -0.1) is 0 Å². The second-order valence-corrected chi connectivity index (χ2v) is 6.10. The van der Waals surface area contributed by atoms with Crippen LogP contribution in [0.3, 0.4) is 0 Å². The number of pyridine rings is 1. The Morgan fingerprint density at radius 2 is 2.00 bits per heavy atom. The minimum absolute atomic E-state index is 0.0432. The minimum Gasteiger partial charge on any atom is -0.396 e. The molecule has 1 aliphatic rings. The fraction of sp³-hybridized carbons (Fsp3) is 0.688. The standard InChI is InChI=1S/C16H26N2O2/c1-4-6-16(11-19)10-18(7-5-15(16)20)14-8-12(2)17-13(3)9-14/h8-9,15,19-20H,4-7,10-11H2,1-3H3/t15-,16+/m1/s1. The van der Waals surface area contributed by atoms with Crippen LogP contribution in [0.5, 0.6) is 0 Å². The topological polar surface area (TPSA) is 56.6 Å². The number of hydrogen-bond acceptors (Lipinski definition) is 4. The molecule has 2 atom stereocenters. The first-order valence-corrected chi connectivity index (χ1v) is 7.50. The third-order valence-corrected chi connectivity index (χ3v) is 4.38. The van der Waals surface area contributed by atoms with E-state index in [4.69, 9.17) is 0 Å². The van der Waals surface area contributed by atoms with Crippen molar-refractivity contribution in [1.29, 1.82) is 0 Å². The van der Waals surface area contributed by atoms with Gasteiger partial charge in [0.05, 0.1) is 12.7 Å². The number of rotatable bonds is 4. The molecular weight excluding hydrogens is 252 g/mol. The largest absolute Gasteiger partial charge is 0.396 e. The molecule has 0 unspecified atom stereocenters. The fourth-order valence-corrected chi connectivity index (χ4v) is 3.34. The first-order valence-electron chi connectivity index (χ1n) is 7.50. The summed E-state index contributed by atoms with van der Waals surface area (Å²) in [6.45, 7) is 7.68. The molecule has 1 aliphatic heterocycles. The van der Waals surface area contributed by atoms with E-state index in [1.54, 1.807) is 0 Å². The Hall–Kier alpha value is -1.13. The summed E-state index contributed by atoms with van der Waals surface area (Å²) >= 11 is 0. The second kappa shape index (κ2) is 6.10. The molecule has 0 aliphatic carbocycles. The maximum Gasteiger partial charge on any atom is 0.0652 e. The Labute approximate surface area is 121 Å². The van der Waals surface area contributed by atoms with E-state index < -0.39 is 11.5 Å². The first kappa shape index (κ1) is 15.3. The van der Waals surface area contributed by atoms with Gasteiger partial charge in [0, 0.05) is 35.6 Å². The lowest BCUT2D eigenvalue weighted by atomic mass is 9.74. The molecular formula is C16H26N2O2. The van der Waals surface area contributed by atoms with Crippen LogP contribution >= 0.6 is 0 Å². The van der Waals surface area contributed by atoms with Crippen molar-refractivity contribution in [1.82, 2.24) is 4.98 Å². The zero-order valence-corrected chi connectivity index (χ0v) is 12.8. The van der Waals surface area contributed by atoms with Gasteiger partial charge in [0.2, 0.25) is 0 Å². The van der Waals surface area contributed by atoms with E-state index in [0.717, 1.165) is 36.5 Å². The highest BCUT2D eigenvalue weighted by atomic mass is 16.3. The molecule has 0 bridgehead atoms. The lowest BCUT2D eigenvalue weighted by Crippen LogP contribution is -2.54. The molecule has 1 aromatic heterocycles. The molecule has 2 heterocycles. The quantitative estimate of drug-likeness (QED) is 0.885. The van der Waals surface area contributed by atoms with Crippen molar-refractivity contribution in [3.8, 4) is 0 Å². The molecule has 0 spiro atoms. The van der Waals surface area contributed by atoms with Gasteiger partial charge < -0.3 is 15.1 Å².